The van der Waals surface area contributed by atoms with Crippen LogP contribution < -0.4 is 5.32 Å². The molecule has 4 nitrogen and oxygen atoms in total. The summed E-state index contributed by atoms with van der Waals surface area (Å²) in [5.74, 6) is 0.771. The van der Waals surface area contributed by atoms with Gasteiger partial charge in [-0.05, 0) is 30.7 Å². The zero-order valence-corrected chi connectivity index (χ0v) is 12.2. The van der Waals surface area contributed by atoms with Gasteiger partial charge in [0.25, 0.3) is 0 Å². The first-order chi connectivity index (χ1) is 10.8. The minimum absolute atomic E-state index is 0.134. The Balaban J connectivity index is 1.74. The highest BCUT2D eigenvalue weighted by Crippen LogP contribution is 2.31. The molecule has 1 atom stereocenters. The summed E-state index contributed by atoms with van der Waals surface area (Å²) in [5, 5.41) is 5.64. The van der Waals surface area contributed by atoms with Gasteiger partial charge in [0.2, 0.25) is 0 Å². The zero-order valence-electron chi connectivity index (χ0n) is 12.2. The molecule has 0 saturated carbocycles. The maximum atomic E-state index is 5.86. The lowest BCUT2D eigenvalue weighted by Crippen LogP contribution is -2.07. The van der Waals surface area contributed by atoms with Gasteiger partial charge in [-0.2, -0.15) is 0 Å². The van der Waals surface area contributed by atoms with Crippen LogP contribution in [0.5, 0.6) is 0 Å². The largest absolute Gasteiger partial charge is 0.456 e. The lowest BCUT2D eigenvalue weighted by Gasteiger charge is -2.14. The van der Waals surface area contributed by atoms with Gasteiger partial charge in [0.15, 0.2) is 0 Å². The Morgan fingerprint density at radius 2 is 1.86 bits per heavy atom. The Kier molecular flexibility index (Phi) is 3.00. The summed E-state index contributed by atoms with van der Waals surface area (Å²) < 4.78 is 5.86. The summed E-state index contributed by atoms with van der Waals surface area (Å²) in [7, 11) is 0. The van der Waals surface area contributed by atoms with Crippen LogP contribution in [0.2, 0.25) is 0 Å². The maximum absolute atomic E-state index is 5.86. The third-order valence-electron chi connectivity index (χ3n) is 3.83. The molecule has 0 amide bonds. The fraction of sp³-hybridized carbons (Fsp3) is 0.111. The number of furan rings is 1. The van der Waals surface area contributed by atoms with Crippen LogP contribution in [0.25, 0.3) is 21.9 Å². The molecule has 0 unspecified atom stereocenters. The van der Waals surface area contributed by atoms with Gasteiger partial charge in [-0.25, -0.2) is 4.98 Å². The third-order valence-corrected chi connectivity index (χ3v) is 3.83. The highest BCUT2D eigenvalue weighted by molar-refractivity contribution is 6.05. The van der Waals surface area contributed by atoms with E-state index < -0.39 is 0 Å². The molecule has 4 heteroatoms. The van der Waals surface area contributed by atoms with Gasteiger partial charge in [0, 0.05) is 23.2 Å². The highest BCUT2D eigenvalue weighted by Gasteiger charge is 2.11. The van der Waals surface area contributed by atoms with E-state index in [2.05, 4.69) is 40.4 Å². The van der Waals surface area contributed by atoms with Crippen molar-refractivity contribution in [2.24, 2.45) is 0 Å². The van der Waals surface area contributed by atoms with Gasteiger partial charge in [-0.1, -0.05) is 24.3 Å². The fourth-order valence-electron chi connectivity index (χ4n) is 2.69. The molecule has 0 radical (unpaired) electrons. The molecular formula is C18H15N3O. The summed E-state index contributed by atoms with van der Waals surface area (Å²) in [6.45, 7) is 2.11. The fourth-order valence-corrected chi connectivity index (χ4v) is 2.69. The predicted octanol–water partition coefficient (Wildman–Crippen LogP) is 4.55. The van der Waals surface area contributed by atoms with Crippen molar-refractivity contribution in [3.63, 3.8) is 0 Å². The molecule has 0 spiro atoms. The van der Waals surface area contributed by atoms with Crippen LogP contribution in [0, 0.1) is 0 Å². The number of hydrogen-bond donors (Lipinski definition) is 1. The summed E-state index contributed by atoms with van der Waals surface area (Å²) in [6.07, 6.45) is 5.07. The molecule has 4 rings (SSSR count). The van der Waals surface area contributed by atoms with Gasteiger partial charge in [-0.15, -0.1) is 0 Å². The minimum atomic E-state index is 0.134. The van der Waals surface area contributed by atoms with Crippen LogP contribution in [0.1, 0.15) is 18.5 Å². The number of hydrogen-bond acceptors (Lipinski definition) is 4. The highest BCUT2D eigenvalue weighted by atomic mass is 16.3. The SMILES string of the molecule is C[C@@H](Nc1cnccn1)c1ccc2oc3ccccc3c2c1. The van der Waals surface area contributed by atoms with Crippen LogP contribution in [-0.4, -0.2) is 9.97 Å². The van der Waals surface area contributed by atoms with Crippen LogP contribution >= 0.6 is 0 Å². The molecule has 108 valence electrons. The normalized spacial score (nSPS) is 12.6. The zero-order chi connectivity index (χ0) is 14.9. The predicted molar refractivity (Wildman–Crippen MR) is 87.8 cm³/mol. The van der Waals surface area contributed by atoms with Crippen molar-refractivity contribution >= 4 is 27.8 Å². The molecule has 4 aromatic rings. The van der Waals surface area contributed by atoms with Crippen molar-refractivity contribution in [1.82, 2.24) is 9.97 Å². The smallest absolute Gasteiger partial charge is 0.144 e. The van der Waals surface area contributed by atoms with Crippen molar-refractivity contribution in [3.8, 4) is 0 Å². The average molecular weight is 289 g/mol. The molecule has 0 bridgehead atoms. The lowest BCUT2D eigenvalue weighted by atomic mass is 10.0. The van der Waals surface area contributed by atoms with Crippen LogP contribution in [0.4, 0.5) is 5.82 Å². The van der Waals surface area contributed by atoms with Crippen LogP contribution in [0.3, 0.4) is 0 Å². The van der Waals surface area contributed by atoms with E-state index in [-0.39, 0.29) is 6.04 Å². The number of aromatic nitrogens is 2. The lowest BCUT2D eigenvalue weighted by molar-refractivity contribution is 0.668. The van der Waals surface area contributed by atoms with E-state index in [1.807, 2.05) is 24.3 Å². The van der Waals surface area contributed by atoms with E-state index in [4.69, 9.17) is 4.42 Å². The Bertz CT molecular complexity index is 931. The molecule has 0 aliphatic carbocycles. The molecule has 1 N–H and O–H groups in total. The van der Waals surface area contributed by atoms with E-state index in [1.54, 1.807) is 18.6 Å². The maximum Gasteiger partial charge on any atom is 0.144 e. The Morgan fingerprint density at radius 1 is 1.00 bits per heavy atom. The van der Waals surface area contributed by atoms with Crippen molar-refractivity contribution in [2.45, 2.75) is 13.0 Å². The molecular weight excluding hydrogens is 274 g/mol. The van der Waals surface area contributed by atoms with E-state index in [9.17, 15) is 0 Å². The summed E-state index contributed by atoms with van der Waals surface area (Å²) in [5.41, 5.74) is 3.02. The van der Waals surface area contributed by atoms with Crippen molar-refractivity contribution < 1.29 is 4.42 Å². The summed E-state index contributed by atoms with van der Waals surface area (Å²) >= 11 is 0. The van der Waals surface area contributed by atoms with Crippen molar-refractivity contribution in [2.75, 3.05) is 5.32 Å². The van der Waals surface area contributed by atoms with E-state index in [1.165, 1.54) is 5.56 Å². The first-order valence-electron chi connectivity index (χ1n) is 7.25. The quantitative estimate of drug-likeness (QED) is 0.601. The Hall–Kier alpha value is -2.88. The van der Waals surface area contributed by atoms with E-state index in [0.29, 0.717) is 0 Å². The Morgan fingerprint density at radius 3 is 2.73 bits per heavy atom. The standard InChI is InChI=1S/C18H15N3O/c1-12(21-18-11-19-8-9-20-18)13-6-7-17-15(10-13)14-4-2-3-5-16(14)22-17/h2-12H,1H3,(H,20,21)/t12-/m1/s1. The molecule has 2 aromatic heterocycles. The molecule has 2 aromatic carbocycles. The number of nitrogens with one attached hydrogen (secondary N) is 1. The van der Waals surface area contributed by atoms with Gasteiger partial charge >= 0.3 is 0 Å². The first kappa shape index (κ1) is 12.8. The second-order valence-corrected chi connectivity index (χ2v) is 5.31. The molecule has 0 aliphatic heterocycles. The number of benzene rings is 2. The summed E-state index contributed by atoms with van der Waals surface area (Å²) in [4.78, 5) is 8.33. The summed E-state index contributed by atoms with van der Waals surface area (Å²) in [6, 6.07) is 14.5. The van der Waals surface area contributed by atoms with Crippen molar-refractivity contribution in [3.05, 3.63) is 66.6 Å². The molecule has 0 fully saturated rings. The second kappa shape index (κ2) is 5.15. The van der Waals surface area contributed by atoms with Gasteiger partial charge in [0.05, 0.1) is 12.2 Å². The molecule has 22 heavy (non-hydrogen) atoms. The van der Waals surface area contributed by atoms with E-state index >= 15 is 0 Å². The monoisotopic (exact) mass is 289 g/mol. The average Bonchev–Trinajstić information content (AvgIpc) is 2.93. The topological polar surface area (TPSA) is 51.0 Å². The second-order valence-electron chi connectivity index (χ2n) is 5.31. The number of para-hydroxylation sites is 1. The number of fused-ring (bicyclic) bond motifs is 3. The number of rotatable bonds is 3. The number of nitrogens with zero attached hydrogens (tertiary/aromatic N) is 2. The first-order valence-corrected chi connectivity index (χ1v) is 7.25. The molecule has 0 aliphatic rings. The van der Waals surface area contributed by atoms with E-state index in [0.717, 1.165) is 27.8 Å². The third kappa shape index (κ3) is 2.19. The van der Waals surface area contributed by atoms with Crippen LogP contribution in [-0.2, 0) is 0 Å². The van der Waals surface area contributed by atoms with Gasteiger partial charge in [-0.3, -0.25) is 4.98 Å². The van der Waals surface area contributed by atoms with Crippen LogP contribution in [0.15, 0.2) is 65.5 Å². The molecule has 0 saturated heterocycles. The van der Waals surface area contributed by atoms with Gasteiger partial charge < -0.3 is 9.73 Å². The Labute approximate surface area is 127 Å². The van der Waals surface area contributed by atoms with Gasteiger partial charge in [0.1, 0.15) is 17.0 Å². The number of anilines is 1. The molecule has 2 heterocycles. The van der Waals surface area contributed by atoms with Crippen molar-refractivity contribution in [1.29, 1.82) is 0 Å². The minimum Gasteiger partial charge on any atom is -0.456 e.